The van der Waals surface area contributed by atoms with Crippen molar-refractivity contribution in [3.05, 3.63) is 28.8 Å². The standard InChI is InChI=1S/C14H17ClO2/c1-9-4-5-14(7-9)8-12(16)11-6-10(15)2-3-13(11)17-14/h2-3,6,9,12,16H,4-5,7-8H2,1H3/t9?,12-,14?/m0/s1. The molecule has 2 unspecified atom stereocenters. The number of hydrogen-bond donors (Lipinski definition) is 1. The van der Waals surface area contributed by atoms with Crippen molar-refractivity contribution >= 4 is 11.6 Å². The molecule has 2 aliphatic rings. The Kier molecular flexibility index (Phi) is 2.60. The highest BCUT2D eigenvalue weighted by Gasteiger charge is 2.44. The first-order valence-electron chi connectivity index (χ1n) is 6.24. The third kappa shape index (κ3) is 1.94. The van der Waals surface area contributed by atoms with Crippen LogP contribution in [0.5, 0.6) is 5.75 Å². The predicted molar refractivity (Wildman–Crippen MR) is 67.4 cm³/mol. The lowest BCUT2D eigenvalue weighted by atomic mass is 9.87. The summed E-state index contributed by atoms with van der Waals surface area (Å²) in [6.07, 6.45) is 3.54. The second kappa shape index (κ2) is 3.89. The zero-order valence-electron chi connectivity index (χ0n) is 9.95. The lowest BCUT2D eigenvalue weighted by Gasteiger charge is -2.38. The van der Waals surface area contributed by atoms with Crippen molar-refractivity contribution in [3.63, 3.8) is 0 Å². The Morgan fingerprint density at radius 3 is 2.94 bits per heavy atom. The molecule has 1 aliphatic carbocycles. The molecule has 3 heteroatoms. The second-order valence-corrected chi connectivity index (χ2v) is 5.97. The minimum Gasteiger partial charge on any atom is -0.487 e. The molecule has 1 aromatic rings. The number of fused-ring (bicyclic) bond motifs is 1. The summed E-state index contributed by atoms with van der Waals surface area (Å²) in [7, 11) is 0. The minimum absolute atomic E-state index is 0.139. The fourth-order valence-corrected chi connectivity index (χ4v) is 3.42. The van der Waals surface area contributed by atoms with Crippen molar-refractivity contribution in [2.24, 2.45) is 5.92 Å². The molecule has 3 atom stereocenters. The fraction of sp³-hybridized carbons (Fsp3) is 0.571. The van der Waals surface area contributed by atoms with Crippen LogP contribution in [0.4, 0.5) is 0 Å². The molecule has 0 amide bonds. The smallest absolute Gasteiger partial charge is 0.126 e. The van der Waals surface area contributed by atoms with Crippen LogP contribution in [0, 0.1) is 5.92 Å². The molecular formula is C14H17ClO2. The second-order valence-electron chi connectivity index (χ2n) is 5.54. The first-order chi connectivity index (χ1) is 8.08. The van der Waals surface area contributed by atoms with Gasteiger partial charge in [0.1, 0.15) is 11.4 Å². The maximum atomic E-state index is 10.3. The summed E-state index contributed by atoms with van der Waals surface area (Å²) in [5, 5.41) is 10.9. The van der Waals surface area contributed by atoms with E-state index in [0.29, 0.717) is 17.4 Å². The number of rotatable bonds is 0. The van der Waals surface area contributed by atoms with Crippen LogP contribution in [0.15, 0.2) is 18.2 Å². The van der Waals surface area contributed by atoms with Gasteiger partial charge in [0.15, 0.2) is 0 Å². The van der Waals surface area contributed by atoms with Gasteiger partial charge in [0.25, 0.3) is 0 Å². The lowest BCUT2D eigenvalue weighted by Crippen LogP contribution is -2.38. The predicted octanol–water partition coefficient (Wildman–Crippen LogP) is 3.71. The molecule has 1 aliphatic heterocycles. The van der Waals surface area contributed by atoms with Crippen molar-refractivity contribution in [2.75, 3.05) is 0 Å². The third-order valence-electron chi connectivity index (χ3n) is 4.04. The SMILES string of the molecule is CC1CCC2(C1)C[C@H](O)c1cc(Cl)ccc1O2. The summed E-state index contributed by atoms with van der Waals surface area (Å²) in [5.41, 5.74) is 0.697. The Morgan fingerprint density at radius 1 is 1.41 bits per heavy atom. The Morgan fingerprint density at radius 2 is 2.24 bits per heavy atom. The van der Waals surface area contributed by atoms with Gasteiger partial charge in [-0.2, -0.15) is 0 Å². The van der Waals surface area contributed by atoms with E-state index < -0.39 is 6.10 Å². The van der Waals surface area contributed by atoms with Crippen LogP contribution in [0.1, 0.15) is 44.3 Å². The summed E-state index contributed by atoms with van der Waals surface area (Å²) in [6, 6.07) is 5.52. The number of benzene rings is 1. The molecule has 1 fully saturated rings. The molecule has 0 bridgehead atoms. The molecule has 1 spiro atoms. The van der Waals surface area contributed by atoms with E-state index in [0.717, 1.165) is 24.2 Å². The van der Waals surface area contributed by atoms with Gasteiger partial charge in [-0.3, -0.25) is 0 Å². The molecule has 17 heavy (non-hydrogen) atoms. The van der Waals surface area contributed by atoms with Gasteiger partial charge in [0.2, 0.25) is 0 Å². The van der Waals surface area contributed by atoms with Crippen LogP contribution in [0.25, 0.3) is 0 Å². The van der Waals surface area contributed by atoms with Gasteiger partial charge < -0.3 is 9.84 Å². The summed E-state index contributed by atoms with van der Waals surface area (Å²) in [4.78, 5) is 0. The molecule has 2 nitrogen and oxygen atoms in total. The average molecular weight is 253 g/mol. The van der Waals surface area contributed by atoms with Gasteiger partial charge in [-0.15, -0.1) is 0 Å². The molecule has 92 valence electrons. The van der Waals surface area contributed by atoms with E-state index in [1.54, 1.807) is 0 Å². The number of ether oxygens (including phenoxy) is 1. The topological polar surface area (TPSA) is 29.5 Å². The van der Waals surface area contributed by atoms with Gasteiger partial charge in [-0.05, 0) is 43.4 Å². The van der Waals surface area contributed by atoms with Gasteiger partial charge in [-0.25, -0.2) is 0 Å². The van der Waals surface area contributed by atoms with E-state index in [9.17, 15) is 5.11 Å². The Balaban J connectivity index is 1.96. The van der Waals surface area contributed by atoms with Gasteiger partial charge in [-0.1, -0.05) is 18.5 Å². The van der Waals surface area contributed by atoms with E-state index in [4.69, 9.17) is 16.3 Å². The van der Waals surface area contributed by atoms with Crippen molar-refractivity contribution in [3.8, 4) is 5.75 Å². The van der Waals surface area contributed by atoms with E-state index in [-0.39, 0.29) is 5.60 Å². The monoisotopic (exact) mass is 252 g/mol. The maximum Gasteiger partial charge on any atom is 0.126 e. The highest BCUT2D eigenvalue weighted by molar-refractivity contribution is 6.30. The van der Waals surface area contributed by atoms with Crippen molar-refractivity contribution < 1.29 is 9.84 Å². The molecule has 3 rings (SSSR count). The largest absolute Gasteiger partial charge is 0.487 e. The Bertz CT molecular complexity index is 446. The first kappa shape index (κ1) is 11.4. The van der Waals surface area contributed by atoms with Gasteiger partial charge in [0, 0.05) is 17.0 Å². The number of aliphatic hydroxyl groups excluding tert-OH is 1. The molecule has 0 radical (unpaired) electrons. The minimum atomic E-state index is -0.442. The van der Waals surface area contributed by atoms with Crippen LogP contribution in [-0.4, -0.2) is 10.7 Å². The van der Waals surface area contributed by atoms with Crippen LogP contribution >= 0.6 is 11.6 Å². The summed E-state index contributed by atoms with van der Waals surface area (Å²) in [5.74, 6) is 1.50. The summed E-state index contributed by atoms with van der Waals surface area (Å²) < 4.78 is 6.16. The quantitative estimate of drug-likeness (QED) is 0.763. The maximum absolute atomic E-state index is 10.3. The van der Waals surface area contributed by atoms with Crippen LogP contribution in [0.2, 0.25) is 5.02 Å². The third-order valence-corrected chi connectivity index (χ3v) is 4.27. The molecule has 0 saturated heterocycles. The summed E-state index contributed by atoms with van der Waals surface area (Å²) >= 11 is 5.95. The van der Waals surface area contributed by atoms with E-state index in [1.807, 2.05) is 18.2 Å². The molecule has 1 saturated carbocycles. The average Bonchev–Trinajstić information content (AvgIpc) is 2.61. The Hall–Kier alpha value is -0.730. The molecule has 1 heterocycles. The number of aliphatic hydroxyl groups is 1. The highest BCUT2D eigenvalue weighted by Crippen LogP contribution is 2.49. The van der Waals surface area contributed by atoms with Crippen LogP contribution in [-0.2, 0) is 0 Å². The highest BCUT2D eigenvalue weighted by atomic mass is 35.5. The molecule has 0 aromatic heterocycles. The van der Waals surface area contributed by atoms with E-state index >= 15 is 0 Å². The fourth-order valence-electron chi connectivity index (χ4n) is 3.24. The Labute approximate surface area is 107 Å². The lowest BCUT2D eigenvalue weighted by molar-refractivity contribution is -0.0116. The van der Waals surface area contributed by atoms with Crippen molar-refractivity contribution in [2.45, 2.75) is 44.3 Å². The normalized spacial score (nSPS) is 35.7. The molecule has 1 aromatic carbocycles. The van der Waals surface area contributed by atoms with E-state index in [1.165, 1.54) is 6.42 Å². The zero-order chi connectivity index (χ0) is 12.0. The zero-order valence-corrected chi connectivity index (χ0v) is 10.7. The van der Waals surface area contributed by atoms with Crippen molar-refractivity contribution in [1.82, 2.24) is 0 Å². The van der Waals surface area contributed by atoms with E-state index in [2.05, 4.69) is 6.92 Å². The van der Waals surface area contributed by atoms with Crippen molar-refractivity contribution in [1.29, 1.82) is 0 Å². The number of halogens is 1. The molecule has 1 N–H and O–H groups in total. The first-order valence-corrected chi connectivity index (χ1v) is 6.62. The van der Waals surface area contributed by atoms with Crippen LogP contribution in [0.3, 0.4) is 0 Å². The number of hydrogen-bond acceptors (Lipinski definition) is 2. The van der Waals surface area contributed by atoms with Gasteiger partial charge in [0.05, 0.1) is 6.10 Å². The van der Waals surface area contributed by atoms with Crippen LogP contribution < -0.4 is 4.74 Å². The van der Waals surface area contributed by atoms with Gasteiger partial charge >= 0.3 is 0 Å². The molecular weight excluding hydrogens is 236 g/mol. The summed E-state index contributed by atoms with van der Waals surface area (Å²) in [6.45, 7) is 2.25.